The van der Waals surface area contributed by atoms with E-state index in [0.717, 1.165) is 4.88 Å². The van der Waals surface area contributed by atoms with Gasteiger partial charge in [0.1, 0.15) is 11.4 Å². The van der Waals surface area contributed by atoms with Crippen molar-refractivity contribution in [3.8, 4) is 10.7 Å². The van der Waals surface area contributed by atoms with Gasteiger partial charge in [-0.2, -0.15) is 4.98 Å². The number of halogens is 1. The highest BCUT2D eigenvalue weighted by Crippen LogP contribution is 2.32. The molecule has 1 N–H and O–H groups in total. The number of imide groups is 1. The number of nitrogens with zero attached hydrogens (tertiary/aromatic N) is 3. The molecule has 1 aliphatic rings. The van der Waals surface area contributed by atoms with Crippen LogP contribution in [0.25, 0.3) is 10.7 Å². The average molecular weight is 414 g/mol. The molecule has 3 amide bonds. The molecule has 1 unspecified atom stereocenters. The lowest BCUT2D eigenvalue weighted by Gasteiger charge is -2.25. The molecule has 2 aromatic heterocycles. The Morgan fingerprint density at radius 3 is 2.72 bits per heavy atom. The zero-order valence-corrected chi connectivity index (χ0v) is 16.5. The lowest BCUT2D eigenvalue weighted by molar-refractivity contribution is -0.131. The zero-order chi connectivity index (χ0) is 20.4. The van der Waals surface area contributed by atoms with Gasteiger partial charge in [0, 0.05) is 13.0 Å². The maximum absolute atomic E-state index is 13.3. The third-order valence-corrected chi connectivity index (χ3v) is 5.89. The molecular formula is C20H19FN4O3S. The van der Waals surface area contributed by atoms with Crippen molar-refractivity contribution < 1.29 is 18.5 Å². The van der Waals surface area contributed by atoms with Gasteiger partial charge in [0.2, 0.25) is 11.7 Å². The molecule has 1 saturated heterocycles. The molecule has 4 rings (SSSR count). The molecule has 29 heavy (non-hydrogen) atoms. The molecular weight excluding hydrogens is 395 g/mol. The Morgan fingerprint density at radius 2 is 2.03 bits per heavy atom. The average Bonchev–Trinajstić information content (AvgIpc) is 3.45. The number of urea groups is 1. The Hall–Kier alpha value is -3.07. The zero-order valence-electron chi connectivity index (χ0n) is 15.7. The molecule has 3 aromatic rings. The van der Waals surface area contributed by atoms with Gasteiger partial charge in [-0.05, 0) is 42.0 Å². The van der Waals surface area contributed by atoms with E-state index < -0.39 is 17.4 Å². The maximum Gasteiger partial charge on any atom is 0.325 e. The fraction of sp³-hybridized carbons (Fsp3) is 0.300. The van der Waals surface area contributed by atoms with Crippen LogP contribution in [0.2, 0.25) is 0 Å². The Kier molecular flexibility index (Phi) is 5.14. The van der Waals surface area contributed by atoms with Gasteiger partial charge in [0.15, 0.2) is 0 Å². The summed E-state index contributed by atoms with van der Waals surface area (Å²) in [7, 11) is 0. The molecule has 1 aromatic carbocycles. The van der Waals surface area contributed by atoms with Crippen LogP contribution in [-0.4, -0.2) is 33.5 Å². The van der Waals surface area contributed by atoms with Crippen molar-refractivity contribution in [2.75, 3.05) is 6.54 Å². The highest BCUT2D eigenvalue weighted by molar-refractivity contribution is 7.13. The number of hydrogen-bond donors (Lipinski definition) is 1. The molecule has 0 bridgehead atoms. The van der Waals surface area contributed by atoms with Gasteiger partial charge in [-0.25, -0.2) is 9.18 Å². The number of hydrogen-bond acceptors (Lipinski definition) is 6. The molecule has 1 aliphatic heterocycles. The molecule has 0 aliphatic carbocycles. The summed E-state index contributed by atoms with van der Waals surface area (Å²) < 4.78 is 18.5. The van der Waals surface area contributed by atoms with Gasteiger partial charge in [0.05, 0.1) is 4.88 Å². The number of thiophene rings is 1. The summed E-state index contributed by atoms with van der Waals surface area (Å²) in [6.45, 7) is 2.04. The first-order valence-corrected chi connectivity index (χ1v) is 10.2. The molecule has 150 valence electrons. The lowest BCUT2D eigenvalue weighted by Crippen LogP contribution is -2.43. The number of nitrogens with one attached hydrogen (secondary N) is 1. The Labute approximate surface area is 170 Å². The summed E-state index contributed by atoms with van der Waals surface area (Å²) in [6, 6.07) is 9.01. The molecule has 0 radical (unpaired) electrons. The van der Waals surface area contributed by atoms with Crippen molar-refractivity contribution >= 4 is 23.3 Å². The van der Waals surface area contributed by atoms with E-state index in [4.69, 9.17) is 4.52 Å². The summed E-state index contributed by atoms with van der Waals surface area (Å²) >= 11 is 1.52. The van der Waals surface area contributed by atoms with Crippen LogP contribution < -0.4 is 5.32 Å². The van der Waals surface area contributed by atoms with Crippen LogP contribution in [0.15, 0.2) is 46.3 Å². The predicted octanol–water partition coefficient (Wildman–Crippen LogP) is 3.73. The molecule has 7 nitrogen and oxygen atoms in total. The number of carbonyl (C=O) groups excluding carboxylic acids is 2. The van der Waals surface area contributed by atoms with Gasteiger partial charge in [-0.15, -0.1) is 11.3 Å². The minimum absolute atomic E-state index is 0.227. The number of amides is 3. The minimum Gasteiger partial charge on any atom is -0.339 e. The predicted molar refractivity (Wildman–Crippen MR) is 105 cm³/mol. The van der Waals surface area contributed by atoms with E-state index in [1.807, 2.05) is 24.4 Å². The molecule has 0 saturated carbocycles. The normalized spacial score (nSPS) is 19.0. The van der Waals surface area contributed by atoms with E-state index in [0.29, 0.717) is 36.5 Å². The van der Waals surface area contributed by atoms with Crippen molar-refractivity contribution in [2.45, 2.75) is 31.7 Å². The van der Waals surface area contributed by atoms with Crippen LogP contribution in [-0.2, 0) is 16.8 Å². The van der Waals surface area contributed by atoms with E-state index in [2.05, 4.69) is 15.5 Å². The number of aryl methyl sites for hydroxylation is 1. The van der Waals surface area contributed by atoms with Crippen molar-refractivity contribution in [1.29, 1.82) is 0 Å². The standard InChI is InChI=1S/C20H19FN4O3S/c1-2-20(13-7-9-14(21)10-8-13)18(26)25(19(27)23-20)11-3-6-16-22-17(24-28-16)15-5-4-12-29-15/h4-5,7-10,12H,2-3,6,11H2,1H3,(H,23,27). The number of carbonyl (C=O) groups is 2. The first-order chi connectivity index (χ1) is 14.0. The van der Waals surface area contributed by atoms with E-state index in [-0.39, 0.29) is 12.5 Å². The fourth-order valence-electron chi connectivity index (χ4n) is 3.45. The summed E-state index contributed by atoms with van der Waals surface area (Å²) in [4.78, 5) is 32.0. The lowest BCUT2D eigenvalue weighted by atomic mass is 9.87. The Morgan fingerprint density at radius 1 is 1.24 bits per heavy atom. The molecule has 9 heteroatoms. The topological polar surface area (TPSA) is 88.3 Å². The second-order valence-corrected chi connectivity index (χ2v) is 7.69. The van der Waals surface area contributed by atoms with Crippen LogP contribution in [0.4, 0.5) is 9.18 Å². The summed E-state index contributed by atoms with van der Waals surface area (Å²) in [5.74, 6) is 0.267. The second kappa shape index (κ2) is 7.75. The third kappa shape index (κ3) is 3.53. The van der Waals surface area contributed by atoms with Gasteiger partial charge < -0.3 is 9.84 Å². The van der Waals surface area contributed by atoms with Crippen molar-refractivity contribution in [2.24, 2.45) is 0 Å². The largest absolute Gasteiger partial charge is 0.339 e. The van der Waals surface area contributed by atoms with Gasteiger partial charge in [-0.1, -0.05) is 30.3 Å². The van der Waals surface area contributed by atoms with Crippen molar-refractivity contribution in [3.05, 3.63) is 59.0 Å². The van der Waals surface area contributed by atoms with E-state index >= 15 is 0 Å². The quantitative estimate of drug-likeness (QED) is 0.595. The van der Waals surface area contributed by atoms with E-state index in [1.165, 1.54) is 40.5 Å². The van der Waals surface area contributed by atoms with Crippen LogP contribution >= 0.6 is 11.3 Å². The SMILES string of the molecule is CCC1(c2ccc(F)cc2)NC(=O)N(CCCc2nc(-c3cccs3)no2)C1=O. The van der Waals surface area contributed by atoms with E-state index in [1.54, 1.807) is 0 Å². The number of aromatic nitrogens is 2. The summed E-state index contributed by atoms with van der Waals surface area (Å²) in [5, 5.41) is 8.68. The molecule has 0 spiro atoms. The Bertz CT molecular complexity index is 1020. The van der Waals surface area contributed by atoms with Gasteiger partial charge >= 0.3 is 6.03 Å². The molecule has 1 fully saturated rings. The summed E-state index contributed by atoms with van der Waals surface area (Å²) in [5.41, 5.74) is -0.596. The fourth-order valence-corrected chi connectivity index (χ4v) is 4.10. The highest BCUT2D eigenvalue weighted by atomic mass is 32.1. The van der Waals surface area contributed by atoms with Crippen molar-refractivity contribution in [3.63, 3.8) is 0 Å². The van der Waals surface area contributed by atoms with Crippen LogP contribution in [0, 0.1) is 5.82 Å². The monoisotopic (exact) mass is 414 g/mol. The first kappa shape index (κ1) is 19.3. The highest BCUT2D eigenvalue weighted by Gasteiger charge is 2.50. The summed E-state index contributed by atoms with van der Waals surface area (Å²) in [6.07, 6.45) is 1.31. The Balaban J connectivity index is 1.42. The second-order valence-electron chi connectivity index (χ2n) is 6.75. The van der Waals surface area contributed by atoms with Crippen LogP contribution in [0.5, 0.6) is 0 Å². The van der Waals surface area contributed by atoms with Crippen molar-refractivity contribution in [1.82, 2.24) is 20.4 Å². The maximum atomic E-state index is 13.3. The van der Waals surface area contributed by atoms with Crippen LogP contribution in [0.1, 0.15) is 31.2 Å². The number of rotatable bonds is 7. The van der Waals surface area contributed by atoms with Gasteiger partial charge in [-0.3, -0.25) is 9.69 Å². The molecule has 1 atom stereocenters. The van der Waals surface area contributed by atoms with E-state index in [9.17, 15) is 14.0 Å². The molecule has 3 heterocycles. The third-order valence-electron chi connectivity index (χ3n) is 5.03. The minimum atomic E-state index is -1.17. The van der Waals surface area contributed by atoms with Crippen LogP contribution in [0.3, 0.4) is 0 Å². The smallest absolute Gasteiger partial charge is 0.325 e. The first-order valence-electron chi connectivity index (χ1n) is 9.30. The van der Waals surface area contributed by atoms with Gasteiger partial charge in [0.25, 0.3) is 5.91 Å². The number of benzene rings is 1.